The molecule has 0 atom stereocenters. The highest BCUT2D eigenvalue weighted by atomic mass is 16.1. The number of aromatic nitrogens is 3. The van der Waals surface area contributed by atoms with Gasteiger partial charge in [0.1, 0.15) is 5.82 Å². The van der Waals surface area contributed by atoms with E-state index in [0.29, 0.717) is 29.1 Å². The van der Waals surface area contributed by atoms with Crippen molar-refractivity contribution >= 4 is 23.4 Å². The molecule has 2 aromatic heterocycles. The van der Waals surface area contributed by atoms with Gasteiger partial charge in [-0.25, -0.2) is 4.98 Å². The normalized spacial score (nSPS) is 14.0. The molecule has 0 bridgehead atoms. The second-order valence-electron chi connectivity index (χ2n) is 6.90. The number of nitrogens with zero attached hydrogens (tertiary/aromatic N) is 3. The molecule has 1 saturated carbocycles. The van der Waals surface area contributed by atoms with Crippen LogP contribution in [0.1, 0.15) is 36.0 Å². The Bertz CT molecular complexity index is 952. The van der Waals surface area contributed by atoms with Crippen LogP contribution in [-0.2, 0) is 0 Å². The van der Waals surface area contributed by atoms with Gasteiger partial charge in [-0.3, -0.25) is 9.78 Å². The Hall–Kier alpha value is -3.48. The van der Waals surface area contributed by atoms with Gasteiger partial charge in [-0.1, -0.05) is 12.8 Å². The Morgan fingerprint density at radius 3 is 2.43 bits per heavy atom. The Morgan fingerprint density at radius 2 is 1.71 bits per heavy atom. The molecule has 7 nitrogen and oxygen atoms in total. The lowest BCUT2D eigenvalue weighted by Gasteiger charge is -2.14. The molecule has 142 valence electrons. The molecule has 7 heteroatoms. The number of nitrogens with two attached hydrogens (primary N) is 1. The number of hydrogen-bond donors (Lipinski definition) is 3. The summed E-state index contributed by atoms with van der Waals surface area (Å²) < 4.78 is 0. The van der Waals surface area contributed by atoms with Crippen LogP contribution >= 0.6 is 0 Å². The zero-order chi connectivity index (χ0) is 19.3. The second-order valence-corrected chi connectivity index (χ2v) is 6.90. The number of nitrogens with one attached hydrogen (secondary N) is 2. The third-order valence-corrected chi connectivity index (χ3v) is 4.81. The van der Waals surface area contributed by atoms with Gasteiger partial charge in [0.15, 0.2) is 0 Å². The highest BCUT2D eigenvalue weighted by Crippen LogP contribution is 2.25. The molecule has 2 heterocycles. The molecule has 1 amide bonds. The van der Waals surface area contributed by atoms with Crippen LogP contribution in [0.2, 0.25) is 0 Å². The van der Waals surface area contributed by atoms with Crippen LogP contribution < -0.4 is 16.4 Å². The Kier molecular flexibility index (Phi) is 5.14. The summed E-state index contributed by atoms with van der Waals surface area (Å²) >= 11 is 0. The van der Waals surface area contributed by atoms with Crippen molar-refractivity contribution in [3.63, 3.8) is 0 Å². The summed E-state index contributed by atoms with van der Waals surface area (Å²) in [4.78, 5) is 25.8. The summed E-state index contributed by atoms with van der Waals surface area (Å²) in [6.45, 7) is 0. The average molecular weight is 374 g/mol. The van der Waals surface area contributed by atoms with E-state index in [1.165, 1.54) is 12.8 Å². The Balaban J connectivity index is 1.62. The van der Waals surface area contributed by atoms with Gasteiger partial charge >= 0.3 is 0 Å². The highest BCUT2D eigenvalue weighted by Gasteiger charge is 2.17. The monoisotopic (exact) mass is 374 g/mol. The summed E-state index contributed by atoms with van der Waals surface area (Å²) in [6, 6.07) is 12.7. The molecule has 3 aromatic rings. The molecule has 1 aliphatic carbocycles. The van der Waals surface area contributed by atoms with E-state index in [-0.39, 0.29) is 5.91 Å². The summed E-state index contributed by atoms with van der Waals surface area (Å²) in [5.74, 6) is 0.726. The maximum atomic E-state index is 12.6. The molecule has 4 N–H and O–H groups in total. The number of carbonyl (C=O) groups is 1. The van der Waals surface area contributed by atoms with E-state index in [1.807, 2.05) is 12.1 Å². The number of nitrogen functional groups attached to an aromatic ring is 1. The lowest BCUT2D eigenvalue weighted by molar-refractivity contribution is 0.102. The number of amides is 1. The maximum Gasteiger partial charge on any atom is 0.256 e. The molecule has 1 aliphatic rings. The van der Waals surface area contributed by atoms with Crippen LogP contribution in [0.25, 0.3) is 11.3 Å². The SMILES string of the molecule is Nc1ccc(C(=O)Nc2cc(-c3ccncc3)nc(NC3CCCC3)n2)cc1. The van der Waals surface area contributed by atoms with Gasteiger partial charge in [-0.05, 0) is 49.2 Å². The molecule has 4 rings (SSSR count). The van der Waals surface area contributed by atoms with Crippen molar-refractivity contribution in [1.82, 2.24) is 15.0 Å². The van der Waals surface area contributed by atoms with Gasteiger partial charge in [-0.15, -0.1) is 0 Å². The standard InChI is InChI=1S/C21H22N6O/c22-16-7-5-15(6-8-16)20(28)26-19-13-18(14-9-11-23-12-10-14)25-21(27-19)24-17-3-1-2-4-17/h5-13,17H,1-4,22H2,(H2,24,25,26,27,28). The number of benzene rings is 1. The number of rotatable bonds is 5. The topological polar surface area (TPSA) is 106 Å². The molecule has 0 aliphatic heterocycles. The van der Waals surface area contributed by atoms with Gasteiger partial charge in [0.25, 0.3) is 5.91 Å². The van der Waals surface area contributed by atoms with E-state index in [0.717, 1.165) is 24.1 Å². The zero-order valence-electron chi connectivity index (χ0n) is 15.4. The lowest BCUT2D eigenvalue weighted by atomic mass is 10.2. The molecular weight excluding hydrogens is 352 g/mol. The fourth-order valence-electron chi connectivity index (χ4n) is 3.32. The fraction of sp³-hybridized carbons (Fsp3) is 0.238. The minimum atomic E-state index is -0.244. The van der Waals surface area contributed by atoms with E-state index >= 15 is 0 Å². The van der Waals surface area contributed by atoms with E-state index in [4.69, 9.17) is 5.73 Å². The van der Waals surface area contributed by atoms with E-state index in [9.17, 15) is 4.79 Å². The van der Waals surface area contributed by atoms with Crippen LogP contribution in [0.3, 0.4) is 0 Å². The highest BCUT2D eigenvalue weighted by molar-refractivity contribution is 6.04. The predicted octanol–water partition coefficient (Wildman–Crippen LogP) is 3.73. The summed E-state index contributed by atoms with van der Waals surface area (Å²) in [5.41, 5.74) is 8.46. The van der Waals surface area contributed by atoms with Gasteiger partial charge < -0.3 is 16.4 Å². The first-order valence-electron chi connectivity index (χ1n) is 9.40. The first kappa shape index (κ1) is 17.9. The summed E-state index contributed by atoms with van der Waals surface area (Å²) in [6.07, 6.45) is 8.07. The van der Waals surface area contributed by atoms with Crippen LogP contribution in [0.4, 0.5) is 17.5 Å². The summed E-state index contributed by atoms with van der Waals surface area (Å²) in [5, 5.41) is 6.27. The molecule has 0 radical (unpaired) electrons. The molecule has 0 spiro atoms. The van der Waals surface area contributed by atoms with Crippen LogP contribution in [0.15, 0.2) is 54.9 Å². The molecule has 28 heavy (non-hydrogen) atoms. The maximum absolute atomic E-state index is 12.6. The quantitative estimate of drug-likeness (QED) is 0.588. The van der Waals surface area contributed by atoms with Crippen LogP contribution in [0, 0.1) is 0 Å². The second kappa shape index (κ2) is 8.04. The Labute approximate surface area is 163 Å². The van der Waals surface area contributed by atoms with Crippen molar-refractivity contribution in [2.75, 3.05) is 16.4 Å². The van der Waals surface area contributed by atoms with Crippen LogP contribution in [0.5, 0.6) is 0 Å². The fourth-order valence-corrected chi connectivity index (χ4v) is 3.32. The molecule has 0 unspecified atom stereocenters. The van der Waals surface area contributed by atoms with Gasteiger partial charge in [0, 0.05) is 41.3 Å². The van der Waals surface area contributed by atoms with Crippen molar-refractivity contribution in [2.45, 2.75) is 31.7 Å². The van der Waals surface area contributed by atoms with Crippen molar-refractivity contribution in [3.05, 3.63) is 60.4 Å². The molecule has 1 aromatic carbocycles. The van der Waals surface area contributed by atoms with E-state index in [1.54, 1.807) is 42.7 Å². The average Bonchev–Trinajstić information content (AvgIpc) is 3.22. The molecule has 0 saturated heterocycles. The molecule has 1 fully saturated rings. The number of carbonyl (C=O) groups excluding carboxylic acids is 1. The van der Waals surface area contributed by atoms with Gasteiger partial charge in [0.2, 0.25) is 5.95 Å². The lowest BCUT2D eigenvalue weighted by Crippen LogP contribution is -2.19. The van der Waals surface area contributed by atoms with E-state index < -0.39 is 0 Å². The van der Waals surface area contributed by atoms with Gasteiger partial charge in [-0.2, -0.15) is 4.98 Å². The van der Waals surface area contributed by atoms with E-state index in [2.05, 4.69) is 25.6 Å². The molecular formula is C21H22N6O. The first-order valence-corrected chi connectivity index (χ1v) is 9.40. The van der Waals surface area contributed by atoms with Crippen molar-refractivity contribution in [2.24, 2.45) is 0 Å². The van der Waals surface area contributed by atoms with Crippen molar-refractivity contribution in [3.8, 4) is 11.3 Å². The minimum Gasteiger partial charge on any atom is -0.399 e. The Morgan fingerprint density at radius 1 is 1.00 bits per heavy atom. The summed E-state index contributed by atoms with van der Waals surface area (Å²) in [7, 11) is 0. The van der Waals surface area contributed by atoms with Crippen molar-refractivity contribution in [1.29, 1.82) is 0 Å². The van der Waals surface area contributed by atoms with Crippen molar-refractivity contribution < 1.29 is 4.79 Å². The van der Waals surface area contributed by atoms with Crippen LogP contribution in [-0.4, -0.2) is 26.9 Å². The number of hydrogen-bond acceptors (Lipinski definition) is 6. The smallest absolute Gasteiger partial charge is 0.256 e. The third kappa shape index (κ3) is 4.25. The van der Waals surface area contributed by atoms with Gasteiger partial charge in [0.05, 0.1) is 5.69 Å². The minimum absolute atomic E-state index is 0.244. The predicted molar refractivity (Wildman–Crippen MR) is 110 cm³/mol. The first-order chi connectivity index (χ1) is 13.7. The zero-order valence-corrected chi connectivity index (χ0v) is 15.4. The number of pyridine rings is 1. The number of anilines is 3. The third-order valence-electron chi connectivity index (χ3n) is 4.81. The largest absolute Gasteiger partial charge is 0.399 e.